The van der Waals surface area contributed by atoms with E-state index in [0.717, 1.165) is 6.54 Å². The first-order valence-corrected chi connectivity index (χ1v) is 5.60. The molecule has 68 valence electrons. The molecule has 0 saturated heterocycles. The van der Waals surface area contributed by atoms with Gasteiger partial charge in [0.15, 0.2) is 0 Å². The predicted molar refractivity (Wildman–Crippen MR) is 56.7 cm³/mol. The molecular weight excluding hydrogens is 226 g/mol. The Hall–Kier alpha value is -0.340. The van der Waals surface area contributed by atoms with Gasteiger partial charge in [-0.3, -0.25) is 0 Å². The van der Waals surface area contributed by atoms with Gasteiger partial charge in [0.05, 0.1) is 0 Å². The molecule has 2 heteroatoms. The third-order valence-electron chi connectivity index (χ3n) is 3.24. The van der Waals surface area contributed by atoms with Crippen LogP contribution in [0.4, 0.5) is 0 Å². The normalized spacial score (nSPS) is 22.8. The van der Waals surface area contributed by atoms with Crippen LogP contribution in [-0.2, 0) is 13.0 Å². The molecule has 1 spiro atoms. The summed E-state index contributed by atoms with van der Waals surface area (Å²) in [7, 11) is 0. The zero-order chi connectivity index (χ0) is 8.89. The average Bonchev–Trinajstić information content (AvgIpc) is 2.88. The van der Waals surface area contributed by atoms with Gasteiger partial charge in [-0.15, -0.1) is 0 Å². The standard InChI is InChI=1S/C11H12BrN/c12-10-3-1-2-8-7-13-11(4-5-11)6-9(8)10/h1-3,13H,4-7H2. The van der Waals surface area contributed by atoms with E-state index in [9.17, 15) is 0 Å². The van der Waals surface area contributed by atoms with Crippen LogP contribution in [-0.4, -0.2) is 5.54 Å². The zero-order valence-electron chi connectivity index (χ0n) is 7.44. The van der Waals surface area contributed by atoms with Crippen LogP contribution in [0.3, 0.4) is 0 Å². The lowest BCUT2D eigenvalue weighted by Crippen LogP contribution is -2.37. The fourth-order valence-corrected chi connectivity index (χ4v) is 2.70. The van der Waals surface area contributed by atoms with Gasteiger partial charge >= 0.3 is 0 Å². The Morgan fingerprint density at radius 1 is 1.31 bits per heavy atom. The molecule has 0 radical (unpaired) electrons. The molecule has 1 fully saturated rings. The first-order valence-electron chi connectivity index (χ1n) is 4.80. The van der Waals surface area contributed by atoms with Crippen molar-refractivity contribution in [1.29, 1.82) is 0 Å². The van der Waals surface area contributed by atoms with Gasteiger partial charge < -0.3 is 5.32 Å². The molecule has 0 aromatic heterocycles. The van der Waals surface area contributed by atoms with Crippen molar-refractivity contribution < 1.29 is 0 Å². The molecule has 1 heterocycles. The van der Waals surface area contributed by atoms with Crippen LogP contribution < -0.4 is 5.32 Å². The topological polar surface area (TPSA) is 12.0 Å². The number of benzene rings is 1. The summed E-state index contributed by atoms with van der Waals surface area (Å²) in [6, 6.07) is 6.50. The van der Waals surface area contributed by atoms with Crippen LogP contribution in [0.2, 0.25) is 0 Å². The summed E-state index contributed by atoms with van der Waals surface area (Å²) < 4.78 is 1.29. The van der Waals surface area contributed by atoms with E-state index in [1.807, 2.05) is 0 Å². The largest absolute Gasteiger partial charge is 0.307 e. The number of nitrogens with one attached hydrogen (secondary N) is 1. The minimum atomic E-state index is 0.483. The zero-order valence-corrected chi connectivity index (χ0v) is 9.02. The third kappa shape index (κ3) is 1.24. The first kappa shape index (κ1) is 8.01. The van der Waals surface area contributed by atoms with Crippen molar-refractivity contribution in [2.75, 3.05) is 0 Å². The Morgan fingerprint density at radius 3 is 2.92 bits per heavy atom. The number of hydrogen-bond donors (Lipinski definition) is 1. The van der Waals surface area contributed by atoms with Gasteiger partial charge in [0.25, 0.3) is 0 Å². The van der Waals surface area contributed by atoms with Gasteiger partial charge in [0.2, 0.25) is 0 Å². The van der Waals surface area contributed by atoms with E-state index in [1.165, 1.54) is 34.9 Å². The maximum atomic E-state index is 3.63. The van der Waals surface area contributed by atoms with Crippen molar-refractivity contribution in [3.8, 4) is 0 Å². The predicted octanol–water partition coefficient (Wildman–Crippen LogP) is 2.63. The highest BCUT2D eigenvalue weighted by Crippen LogP contribution is 2.43. The molecule has 1 aliphatic heterocycles. The van der Waals surface area contributed by atoms with Crippen molar-refractivity contribution in [3.05, 3.63) is 33.8 Å². The minimum Gasteiger partial charge on any atom is -0.307 e. The van der Waals surface area contributed by atoms with E-state index in [1.54, 1.807) is 0 Å². The van der Waals surface area contributed by atoms with Crippen LogP contribution in [0.25, 0.3) is 0 Å². The van der Waals surface area contributed by atoms with Crippen LogP contribution >= 0.6 is 15.9 Å². The van der Waals surface area contributed by atoms with Gasteiger partial charge in [-0.25, -0.2) is 0 Å². The summed E-state index contributed by atoms with van der Waals surface area (Å²) in [5.41, 5.74) is 3.47. The summed E-state index contributed by atoms with van der Waals surface area (Å²) in [5.74, 6) is 0. The van der Waals surface area contributed by atoms with E-state index in [-0.39, 0.29) is 0 Å². The molecule has 1 N–H and O–H groups in total. The molecule has 0 unspecified atom stereocenters. The molecule has 1 saturated carbocycles. The lowest BCUT2D eigenvalue weighted by Gasteiger charge is -2.26. The summed E-state index contributed by atoms with van der Waals surface area (Å²) >= 11 is 3.63. The average molecular weight is 238 g/mol. The Morgan fingerprint density at radius 2 is 2.15 bits per heavy atom. The number of rotatable bonds is 0. The van der Waals surface area contributed by atoms with Crippen molar-refractivity contribution in [3.63, 3.8) is 0 Å². The molecule has 1 nitrogen and oxygen atoms in total. The molecule has 0 amide bonds. The second-order valence-electron chi connectivity index (χ2n) is 4.19. The SMILES string of the molecule is Brc1cccc2c1CC1(CC1)NC2. The van der Waals surface area contributed by atoms with E-state index in [4.69, 9.17) is 0 Å². The summed E-state index contributed by atoms with van der Waals surface area (Å²) in [5, 5.41) is 3.63. The minimum absolute atomic E-state index is 0.483. The Labute approximate surface area is 86.7 Å². The van der Waals surface area contributed by atoms with Gasteiger partial charge in [0, 0.05) is 16.6 Å². The van der Waals surface area contributed by atoms with Crippen LogP contribution in [0, 0.1) is 0 Å². The highest BCUT2D eigenvalue weighted by atomic mass is 79.9. The van der Waals surface area contributed by atoms with Crippen molar-refractivity contribution in [2.45, 2.75) is 31.3 Å². The molecule has 1 aliphatic carbocycles. The second-order valence-corrected chi connectivity index (χ2v) is 5.04. The summed E-state index contributed by atoms with van der Waals surface area (Å²) in [6.07, 6.45) is 3.92. The molecule has 1 aromatic carbocycles. The number of fused-ring (bicyclic) bond motifs is 1. The molecular formula is C11H12BrN. The van der Waals surface area contributed by atoms with Gasteiger partial charge in [-0.1, -0.05) is 28.1 Å². The molecule has 0 bridgehead atoms. The van der Waals surface area contributed by atoms with Gasteiger partial charge in [0.1, 0.15) is 0 Å². The number of halogens is 1. The van der Waals surface area contributed by atoms with Gasteiger partial charge in [-0.05, 0) is 36.5 Å². The number of hydrogen-bond acceptors (Lipinski definition) is 1. The van der Waals surface area contributed by atoms with Crippen LogP contribution in [0.15, 0.2) is 22.7 Å². The fourth-order valence-electron chi connectivity index (χ4n) is 2.15. The fraction of sp³-hybridized carbons (Fsp3) is 0.455. The van der Waals surface area contributed by atoms with E-state index < -0.39 is 0 Å². The second kappa shape index (κ2) is 2.58. The Bertz CT molecular complexity index is 355. The monoisotopic (exact) mass is 237 g/mol. The lowest BCUT2D eigenvalue weighted by atomic mass is 9.94. The van der Waals surface area contributed by atoms with E-state index in [0.29, 0.717) is 5.54 Å². The van der Waals surface area contributed by atoms with Crippen molar-refractivity contribution in [2.24, 2.45) is 0 Å². The summed E-state index contributed by atoms with van der Waals surface area (Å²) in [6.45, 7) is 1.05. The molecule has 0 atom stereocenters. The van der Waals surface area contributed by atoms with E-state index in [2.05, 4.69) is 39.4 Å². The maximum absolute atomic E-state index is 3.63. The third-order valence-corrected chi connectivity index (χ3v) is 3.98. The van der Waals surface area contributed by atoms with E-state index >= 15 is 0 Å². The summed E-state index contributed by atoms with van der Waals surface area (Å²) in [4.78, 5) is 0. The highest BCUT2D eigenvalue weighted by molar-refractivity contribution is 9.10. The first-order chi connectivity index (χ1) is 6.29. The van der Waals surface area contributed by atoms with Crippen LogP contribution in [0.1, 0.15) is 24.0 Å². The molecule has 2 aliphatic rings. The maximum Gasteiger partial charge on any atom is 0.0226 e. The van der Waals surface area contributed by atoms with Crippen molar-refractivity contribution in [1.82, 2.24) is 5.32 Å². The molecule has 3 rings (SSSR count). The Balaban J connectivity index is 2.06. The van der Waals surface area contributed by atoms with Crippen LogP contribution in [0.5, 0.6) is 0 Å². The van der Waals surface area contributed by atoms with Gasteiger partial charge in [-0.2, -0.15) is 0 Å². The quantitative estimate of drug-likeness (QED) is 0.732. The lowest BCUT2D eigenvalue weighted by molar-refractivity contribution is 0.463. The Kier molecular flexibility index (Phi) is 1.59. The highest BCUT2D eigenvalue weighted by Gasteiger charge is 2.44. The van der Waals surface area contributed by atoms with Crippen molar-refractivity contribution >= 4 is 15.9 Å². The molecule has 1 aromatic rings. The molecule has 13 heavy (non-hydrogen) atoms. The smallest absolute Gasteiger partial charge is 0.0226 e.